The van der Waals surface area contributed by atoms with E-state index >= 15 is 0 Å². The number of rotatable bonds is 9. The molecular formula is C18H26N2OS. The minimum Gasteiger partial charge on any atom is -0.399 e. The van der Waals surface area contributed by atoms with Crippen LogP contribution in [-0.4, -0.2) is 4.57 Å². The van der Waals surface area contributed by atoms with Gasteiger partial charge in [0.15, 0.2) is 0 Å². The second-order valence-electron chi connectivity index (χ2n) is 5.78. The SMILES string of the molecule is CCCCCCCCCn1c(-c2ccc(N)cc2)csc1=O. The molecule has 3 nitrogen and oxygen atoms in total. The van der Waals surface area contributed by atoms with E-state index in [1.165, 1.54) is 49.9 Å². The van der Waals surface area contributed by atoms with Gasteiger partial charge < -0.3 is 5.73 Å². The van der Waals surface area contributed by atoms with Crippen molar-refractivity contribution in [1.29, 1.82) is 0 Å². The molecule has 0 amide bonds. The highest BCUT2D eigenvalue weighted by molar-refractivity contribution is 7.07. The molecule has 0 bridgehead atoms. The normalized spacial score (nSPS) is 11.0. The van der Waals surface area contributed by atoms with E-state index in [4.69, 9.17) is 5.73 Å². The molecule has 0 aliphatic carbocycles. The Morgan fingerprint density at radius 2 is 1.64 bits per heavy atom. The van der Waals surface area contributed by atoms with Crippen LogP contribution in [0.5, 0.6) is 0 Å². The summed E-state index contributed by atoms with van der Waals surface area (Å²) in [7, 11) is 0. The van der Waals surface area contributed by atoms with Crippen molar-refractivity contribution >= 4 is 17.0 Å². The lowest BCUT2D eigenvalue weighted by atomic mass is 10.1. The van der Waals surface area contributed by atoms with Crippen molar-refractivity contribution in [2.45, 2.75) is 58.4 Å². The summed E-state index contributed by atoms with van der Waals surface area (Å²) in [5.74, 6) is 0. The molecule has 0 fully saturated rings. The van der Waals surface area contributed by atoms with Gasteiger partial charge in [0, 0.05) is 17.6 Å². The Labute approximate surface area is 136 Å². The van der Waals surface area contributed by atoms with E-state index in [9.17, 15) is 4.79 Å². The van der Waals surface area contributed by atoms with Gasteiger partial charge in [-0.25, -0.2) is 0 Å². The number of aromatic nitrogens is 1. The monoisotopic (exact) mass is 318 g/mol. The lowest BCUT2D eigenvalue weighted by Crippen LogP contribution is -2.14. The van der Waals surface area contributed by atoms with Crippen molar-refractivity contribution in [3.8, 4) is 11.3 Å². The van der Waals surface area contributed by atoms with Crippen LogP contribution in [0.1, 0.15) is 51.9 Å². The fourth-order valence-corrected chi connectivity index (χ4v) is 3.44. The first kappa shape index (κ1) is 16.8. The molecule has 4 heteroatoms. The van der Waals surface area contributed by atoms with E-state index in [-0.39, 0.29) is 4.87 Å². The number of nitrogens with zero attached hydrogens (tertiary/aromatic N) is 1. The molecule has 1 aromatic heterocycles. The van der Waals surface area contributed by atoms with Gasteiger partial charge in [-0.15, -0.1) is 0 Å². The van der Waals surface area contributed by atoms with Crippen LogP contribution in [0.25, 0.3) is 11.3 Å². The predicted octanol–water partition coefficient (Wildman–Crippen LogP) is 4.91. The minimum absolute atomic E-state index is 0.137. The standard InChI is InChI=1S/C18H26N2OS/c1-2-3-4-5-6-7-8-13-20-17(14-22-18(20)21)15-9-11-16(19)12-10-15/h9-12,14H,2-8,13,19H2,1H3. The lowest BCUT2D eigenvalue weighted by molar-refractivity contribution is 0.549. The van der Waals surface area contributed by atoms with E-state index < -0.39 is 0 Å². The van der Waals surface area contributed by atoms with E-state index in [1.54, 1.807) is 0 Å². The number of anilines is 1. The molecule has 1 aromatic carbocycles. The Morgan fingerprint density at radius 1 is 1.00 bits per heavy atom. The smallest absolute Gasteiger partial charge is 0.307 e. The Balaban J connectivity index is 1.90. The van der Waals surface area contributed by atoms with Crippen LogP contribution in [0.15, 0.2) is 34.4 Å². The Kier molecular flexibility index (Phi) is 6.72. The van der Waals surface area contributed by atoms with Gasteiger partial charge in [-0.05, 0) is 24.1 Å². The third kappa shape index (κ3) is 4.73. The molecule has 1 heterocycles. The molecule has 2 N–H and O–H groups in total. The van der Waals surface area contributed by atoms with Crippen LogP contribution >= 0.6 is 11.3 Å². The third-order valence-electron chi connectivity index (χ3n) is 3.97. The van der Waals surface area contributed by atoms with Gasteiger partial charge >= 0.3 is 4.87 Å². The first-order chi connectivity index (χ1) is 10.7. The summed E-state index contributed by atoms with van der Waals surface area (Å²) >= 11 is 1.28. The van der Waals surface area contributed by atoms with Gasteiger partial charge in [0.25, 0.3) is 0 Å². The summed E-state index contributed by atoms with van der Waals surface area (Å²) in [6.07, 6.45) is 8.83. The maximum atomic E-state index is 12.0. The van der Waals surface area contributed by atoms with Crippen molar-refractivity contribution in [2.75, 3.05) is 5.73 Å². The highest BCUT2D eigenvalue weighted by Crippen LogP contribution is 2.22. The van der Waals surface area contributed by atoms with E-state index in [2.05, 4.69) is 6.92 Å². The zero-order chi connectivity index (χ0) is 15.8. The zero-order valence-corrected chi connectivity index (χ0v) is 14.2. The van der Waals surface area contributed by atoms with Crippen LogP contribution in [0, 0.1) is 0 Å². The number of nitrogen functional groups attached to an aromatic ring is 1. The summed E-state index contributed by atoms with van der Waals surface area (Å²) in [4.78, 5) is 12.2. The van der Waals surface area contributed by atoms with Crippen molar-refractivity contribution in [2.24, 2.45) is 0 Å². The summed E-state index contributed by atoms with van der Waals surface area (Å²) < 4.78 is 1.90. The molecule has 0 unspecified atom stereocenters. The number of thiazole rings is 1. The molecule has 0 atom stereocenters. The van der Waals surface area contributed by atoms with Crippen molar-refractivity contribution < 1.29 is 0 Å². The molecule has 2 rings (SSSR count). The number of nitrogens with two attached hydrogens (primary N) is 1. The summed E-state index contributed by atoms with van der Waals surface area (Å²) in [6, 6.07) is 7.74. The highest BCUT2D eigenvalue weighted by Gasteiger charge is 2.08. The molecule has 0 saturated heterocycles. The molecule has 2 aromatic rings. The molecule has 22 heavy (non-hydrogen) atoms. The number of unbranched alkanes of at least 4 members (excludes halogenated alkanes) is 6. The van der Waals surface area contributed by atoms with Gasteiger partial charge in [0.2, 0.25) is 0 Å². The minimum atomic E-state index is 0.137. The molecular weight excluding hydrogens is 292 g/mol. The Bertz CT molecular complexity index is 613. The predicted molar refractivity (Wildman–Crippen MR) is 96.4 cm³/mol. The van der Waals surface area contributed by atoms with E-state index in [1.807, 2.05) is 34.2 Å². The first-order valence-corrected chi connectivity index (χ1v) is 9.14. The zero-order valence-electron chi connectivity index (χ0n) is 13.4. The topological polar surface area (TPSA) is 48.0 Å². The maximum absolute atomic E-state index is 12.0. The van der Waals surface area contributed by atoms with E-state index in [0.29, 0.717) is 0 Å². The van der Waals surface area contributed by atoms with Crippen molar-refractivity contribution in [3.63, 3.8) is 0 Å². The Morgan fingerprint density at radius 3 is 2.32 bits per heavy atom. The summed E-state index contributed by atoms with van der Waals surface area (Å²) in [5, 5.41) is 1.95. The fourth-order valence-electron chi connectivity index (χ4n) is 2.65. The Hall–Kier alpha value is -1.55. The van der Waals surface area contributed by atoms with Gasteiger partial charge in [0.1, 0.15) is 0 Å². The van der Waals surface area contributed by atoms with Crippen LogP contribution in [0.3, 0.4) is 0 Å². The maximum Gasteiger partial charge on any atom is 0.307 e. The lowest BCUT2D eigenvalue weighted by Gasteiger charge is -2.08. The van der Waals surface area contributed by atoms with Crippen LogP contribution in [-0.2, 0) is 6.54 Å². The van der Waals surface area contributed by atoms with Crippen LogP contribution in [0.2, 0.25) is 0 Å². The first-order valence-electron chi connectivity index (χ1n) is 8.26. The molecule has 0 spiro atoms. The van der Waals surface area contributed by atoms with Crippen molar-refractivity contribution in [3.05, 3.63) is 39.3 Å². The molecule has 120 valence electrons. The number of hydrogen-bond donors (Lipinski definition) is 1. The number of benzene rings is 1. The van der Waals surface area contributed by atoms with Crippen LogP contribution in [0.4, 0.5) is 5.69 Å². The summed E-state index contributed by atoms with van der Waals surface area (Å²) in [6.45, 7) is 3.05. The fraction of sp³-hybridized carbons (Fsp3) is 0.500. The largest absolute Gasteiger partial charge is 0.399 e. The van der Waals surface area contributed by atoms with Gasteiger partial charge in [0.05, 0.1) is 5.69 Å². The summed E-state index contributed by atoms with van der Waals surface area (Å²) in [5.41, 5.74) is 8.56. The average Bonchev–Trinajstić information content (AvgIpc) is 2.88. The highest BCUT2D eigenvalue weighted by atomic mass is 32.1. The average molecular weight is 318 g/mol. The van der Waals surface area contributed by atoms with Gasteiger partial charge in [-0.2, -0.15) is 0 Å². The second-order valence-corrected chi connectivity index (χ2v) is 6.60. The number of hydrogen-bond acceptors (Lipinski definition) is 3. The second kappa shape index (κ2) is 8.79. The molecule has 0 aliphatic rings. The van der Waals surface area contributed by atoms with Gasteiger partial charge in [-0.1, -0.05) is 68.9 Å². The quantitative estimate of drug-likeness (QED) is 0.527. The van der Waals surface area contributed by atoms with E-state index in [0.717, 1.165) is 29.9 Å². The molecule has 0 radical (unpaired) electrons. The van der Waals surface area contributed by atoms with Gasteiger partial charge in [-0.3, -0.25) is 9.36 Å². The van der Waals surface area contributed by atoms with Crippen LogP contribution < -0.4 is 10.6 Å². The molecule has 0 aliphatic heterocycles. The molecule has 0 saturated carbocycles. The third-order valence-corrected chi connectivity index (χ3v) is 4.74. The van der Waals surface area contributed by atoms with Crippen molar-refractivity contribution in [1.82, 2.24) is 4.57 Å².